The first-order chi connectivity index (χ1) is 11.3. The summed E-state index contributed by atoms with van der Waals surface area (Å²) >= 11 is 3.12. The Kier molecular flexibility index (Phi) is 6.76. The molecule has 1 fully saturated rings. The molecule has 1 aromatic carbocycles. The van der Waals surface area contributed by atoms with Crippen LogP contribution in [0.3, 0.4) is 0 Å². The Morgan fingerprint density at radius 1 is 1.28 bits per heavy atom. The standard InChI is InChI=1S/C16H16N4OS2.2ClH/c17-8-14-18-11(9-22-14)16(21)20-7-3-5-12(20)15-19-10-4-1-2-6-13(10)23-15;;/h1-2,4,6,9,12H,3,5,7-8,17H2;2*1H. The molecular weight excluding hydrogens is 399 g/mol. The van der Waals surface area contributed by atoms with E-state index >= 15 is 0 Å². The number of amides is 1. The van der Waals surface area contributed by atoms with Gasteiger partial charge < -0.3 is 10.6 Å². The van der Waals surface area contributed by atoms with Crippen molar-refractivity contribution in [2.24, 2.45) is 5.73 Å². The van der Waals surface area contributed by atoms with Gasteiger partial charge in [-0.2, -0.15) is 0 Å². The summed E-state index contributed by atoms with van der Waals surface area (Å²) in [6.45, 7) is 1.13. The second-order valence-corrected chi connectivity index (χ2v) is 7.51. The van der Waals surface area contributed by atoms with Gasteiger partial charge in [-0.15, -0.1) is 47.5 Å². The lowest BCUT2D eigenvalue weighted by Gasteiger charge is -2.22. The summed E-state index contributed by atoms with van der Waals surface area (Å²) < 4.78 is 1.17. The van der Waals surface area contributed by atoms with E-state index in [0.717, 1.165) is 34.9 Å². The molecule has 0 saturated carbocycles. The third-order valence-corrected chi connectivity index (χ3v) is 6.06. The quantitative estimate of drug-likeness (QED) is 0.699. The van der Waals surface area contributed by atoms with Gasteiger partial charge in [0, 0.05) is 18.5 Å². The van der Waals surface area contributed by atoms with Crippen molar-refractivity contribution in [1.82, 2.24) is 14.9 Å². The number of rotatable bonds is 3. The number of halogens is 2. The Hall–Kier alpha value is -1.25. The van der Waals surface area contributed by atoms with Crippen LogP contribution in [0.15, 0.2) is 29.6 Å². The minimum absolute atomic E-state index is 0. The number of nitrogens with zero attached hydrogens (tertiary/aromatic N) is 3. The highest BCUT2D eigenvalue weighted by molar-refractivity contribution is 7.18. The van der Waals surface area contributed by atoms with Gasteiger partial charge in [-0.25, -0.2) is 9.97 Å². The number of nitrogens with two attached hydrogens (primary N) is 1. The third kappa shape index (κ3) is 3.80. The largest absolute Gasteiger partial charge is 0.328 e. The molecule has 1 saturated heterocycles. The number of carbonyl (C=O) groups excluding carboxylic acids is 1. The Morgan fingerprint density at radius 3 is 2.80 bits per heavy atom. The van der Waals surface area contributed by atoms with Gasteiger partial charge in [0.2, 0.25) is 0 Å². The molecule has 0 bridgehead atoms. The number of likely N-dealkylation sites (tertiary alicyclic amines) is 1. The average Bonchev–Trinajstić information content (AvgIpc) is 3.30. The lowest BCUT2D eigenvalue weighted by Crippen LogP contribution is -2.30. The SMILES string of the molecule is Cl.Cl.NCc1nc(C(=O)N2CCCC2c2nc3ccccc3s2)cs1. The van der Waals surface area contributed by atoms with Crippen LogP contribution in [0.1, 0.15) is 39.4 Å². The lowest BCUT2D eigenvalue weighted by molar-refractivity contribution is 0.0730. The second kappa shape index (κ2) is 8.42. The summed E-state index contributed by atoms with van der Waals surface area (Å²) in [6, 6.07) is 8.16. The van der Waals surface area contributed by atoms with Crippen LogP contribution in [-0.4, -0.2) is 27.3 Å². The van der Waals surface area contributed by atoms with Crippen LogP contribution < -0.4 is 5.73 Å². The summed E-state index contributed by atoms with van der Waals surface area (Å²) in [7, 11) is 0. The first-order valence-electron chi connectivity index (χ1n) is 7.57. The maximum absolute atomic E-state index is 12.8. The normalized spacial score (nSPS) is 16.5. The highest BCUT2D eigenvalue weighted by atomic mass is 35.5. The van der Waals surface area contributed by atoms with E-state index in [9.17, 15) is 4.79 Å². The van der Waals surface area contributed by atoms with Crippen molar-refractivity contribution in [3.05, 3.63) is 45.4 Å². The molecule has 3 heterocycles. The molecule has 1 unspecified atom stereocenters. The molecule has 2 aromatic heterocycles. The fraction of sp³-hybridized carbons (Fsp3) is 0.312. The first-order valence-corrected chi connectivity index (χ1v) is 9.27. The molecule has 2 N–H and O–H groups in total. The van der Waals surface area contributed by atoms with Gasteiger partial charge >= 0.3 is 0 Å². The number of carbonyl (C=O) groups is 1. The van der Waals surface area contributed by atoms with Gasteiger partial charge in [0.15, 0.2) is 0 Å². The van der Waals surface area contributed by atoms with Crippen molar-refractivity contribution in [2.45, 2.75) is 25.4 Å². The third-order valence-electron chi connectivity index (χ3n) is 4.05. The van der Waals surface area contributed by atoms with Crippen LogP contribution in [0.2, 0.25) is 0 Å². The molecule has 0 aliphatic carbocycles. The van der Waals surface area contributed by atoms with E-state index in [1.165, 1.54) is 16.0 Å². The fourth-order valence-corrected chi connectivity index (χ4v) is 4.71. The number of fused-ring (bicyclic) bond motifs is 1. The molecule has 1 atom stereocenters. The maximum Gasteiger partial charge on any atom is 0.273 e. The Balaban J connectivity index is 0.00000113. The van der Waals surface area contributed by atoms with Crippen LogP contribution in [0.4, 0.5) is 0 Å². The zero-order valence-electron chi connectivity index (χ0n) is 13.3. The average molecular weight is 417 g/mol. The number of aromatic nitrogens is 2. The van der Waals surface area contributed by atoms with Crippen LogP contribution in [-0.2, 0) is 6.54 Å². The van der Waals surface area contributed by atoms with E-state index in [-0.39, 0.29) is 36.8 Å². The molecule has 1 aliphatic rings. The summed E-state index contributed by atoms with van der Waals surface area (Å²) in [5.74, 6) is -0.0114. The zero-order valence-corrected chi connectivity index (χ0v) is 16.5. The summed E-state index contributed by atoms with van der Waals surface area (Å²) in [6.07, 6.45) is 1.96. The van der Waals surface area contributed by atoms with Gasteiger partial charge in [0.05, 0.1) is 16.3 Å². The number of para-hydroxylation sites is 1. The monoisotopic (exact) mass is 416 g/mol. The van der Waals surface area contributed by atoms with E-state index in [1.54, 1.807) is 16.7 Å². The molecule has 0 spiro atoms. The molecule has 134 valence electrons. The highest BCUT2D eigenvalue weighted by Crippen LogP contribution is 2.37. The molecule has 0 radical (unpaired) electrons. The highest BCUT2D eigenvalue weighted by Gasteiger charge is 2.33. The predicted octanol–water partition coefficient (Wildman–Crippen LogP) is 4.03. The Morgan fingerprint density at radius 2 is 2.08 bits per heavy atom. The topological polar surface area (TPSA) is 72.1 Å². The summed E-state index contributed by atoms with van der Waals surface area (Å²) in [5.41, 5.74) is 7.10. The summed E-state index contributed by atoms with van der Waals surface area (Å²) in [5, 5.41) is 3.62. The minimum Gasteiger partial charge on any atom is -0.328 e. The van der Waals surface area contributed by atoms with Gasteiger partial charge in [-0.05, 0) is 25.0 Å². The lowest BCUT2D eigenvalue weighted by atomic mass is 10.2. The second-order valence-electron chi connectivity index (χ2n) is 5.51. The van der Waals surface area contributed by atoms with Crippen LogP contribution in [0.5, 0.6) is 0 Å². The van der Waals surface area contributed by atoms with Gasteiger partial charge in [0.1, 0.15) is 15.7 Å². The molecule has 5 nitrogen and oxygen atoms in total. The Bertz CT molecular complexity index is 834. The van der Waals surface area contributed by atoms with E-state index in [4.69, 9.17) is 10.7 Å². The Labute approximate surface area is 166 Å². The smallest absolute Gasteiger partial charge is 0.273 e. The van der Waals surface area contributed by atoms with Crippen molar-refractivity contribution >= 4 is 63.6 Å². The number of thiazole rings is 2. The number of hydrogen-bond acceptors (Lipinski definition) is 6. The predicted molar refractivity (Wildman–Crippen MR) is 107 cm³/mol. The first kappa shape index (κ1) is 20.1. The molecule has 25 heavy (non-hydrogen) atoms. The summed E-state index contributed by atoms with van der Waals surface area (Å²) in [4.78, 5) is 23.7. The van der Waals surface area contributed by atoms with Crippen molar-refractivity contribution < 1.29 is 4.79 Å². The molecular formula is C16H18Cl2N4OS2. The van der Waals surface area contributed by atoms with E-state index in [1.807, 2.05) is 23.1 Å². The molecule has 1 amide bonds. The van der Waals surface area contributed by atoms with Crippen molar-refractivity contribution in [2.75, 3.05) is 6.54 Å². The van der Waals surface area contributed by atoms with Gasteiger partial charge in [0.25, 0.3) is 5.91 Å². The van der Waals surface area contributed by atoms with E-state index in [2.05, 4.69) is 11.1 Å². The molecule has 1 aliphatic heterocycles. The van der Waals surface area contributed by atoms with Crippen LogP contribution in [0, 0.1) is 0 Å². The van der Waals surface area contributed by atoms with Crippen molar-refractivity contribution in [3.63, 3.8) is 0 Å². The van der Waals surface area contributed by atoms with Gasteiger partial charge in [-0.3, -0.25) is 4.79 Å². The van der Waals surface area contributed by atoms with E-state index in [0.29, 0.717) is 12.2 Å². The van der Waals surface area contributed by atoms with Gasteiger partial charge in [-0.1, -0.05) is 12.1 Å². The fourth-order valence-electron chi connectivity index (χ4n) is 2.95. The van der Waals surface area contributed by atoms with E-state index < -0.39 is 0 Å². The number of benzene rings is 1. The van der Waals surface area contributed by atoms with Crippen molar-refractivity contribution in [1.29, 1.82) is 0 Å². The molecule has 9 heteroatoms. The van der Waals surface area contributed by atoms with Crippen molar-refractivity contribution in [3.8, 4) is 0 Å². The maximum atomic E-state index is 12.8. The molecule has 3 aromatic rings. The zero-order chi connectivity index (χ0) is 15.8. The number of hydrogen-bond donors (Lipinski definition) is 1. The van der Waals surface area contributed by atoms with Crippen LogP contribution >= 0.6 is 47.5 Å². The van der Waals surface area contributed by atoms with Crippen LogP contribution in [0.25, 0.3) is 10.2 Å². The minimum atomic E-state index is -0.0114. The molecule has 4 rings (SSSR count).